The van der Waals surface area contributed by atoms with Gasteiger partial charge in [-0.2, -0.15) is 0 Å². The molecule has 0 aliphatic carbocycles. The standard InChI is InChI=1S/C23H29NO2/c1-6-26-22(25)24-15-18-12-13-19(23(3,4)5)14-20(18)21(16(24)2)17-10-8-7-9-11-17/h7-14,16,21H,6,15H2,1-5H3. The predicted octanol–water partition coefficient (Wildman–Crippen LogP) is 5.48. The molecule has 1 aliphatic rings. The van der Waals surface area contributed by atoms with Crippen LogP contribution in [0.2, 0.25) is 0 Å². The fourth-order valence-corrected chi connectivity index (χ4v) is 3.82. The summed E-state index contributed by atoms with van der Waals surface area (Å²) < 4.78 is 5.32. The Morgan fingerprint density at radius 2 is 1.85 bits per heavy atom. The lowest BCUT2D eigenvalue weighted by Crippen LogP contribution is -2.45. The predicted molar refractivity (Wildman–Crippen MR) is 105 cm³/mol. The lowest BCUT2D eigenvalue weighted by Gasteiger charge is -2.41. The molecular formula is C23H29NO2. The largest absolute Gasteiger partial charge is 0.450 e. The van der Waals surface area contributed by atoms with Crippen molar-refractivity contribution in [2.24, 2.45) is 0 Å². The molecule has 26 heavy (non-hydrogen) atoms. The van der Waals surface area contributed by atoms with E-state index in [-0.39, 0.29) is 23.5 Å². The summed E-state index contributed by atoms with van der Waals surface area (Å²) in [4.78, 5) is 14.4. The molecule has 0 radical (unpaired) electrons. The summed E-state index contributed by atoms with van der Waals surface area (Å²) in [6, 6.07) is 17.2. The molecular weight excluding hydrogens is 322 g/mol. The zero-order valence-corrected chi connectivity index (χ0v) is 16.5. The molecule has 1 aliphatic heterocycles. The van der Waals surface area contributed by atoms with Crippen LogP contribution in [0.5, 0.6) is 0 Å². The second-order valence-electron chi connectivity index (χ2n) is 8.12. The molecule has 2 aromatic carbocycles. The Morgan fingerprint density at radius 1 is 1.15 bits per heavy atom. The Balaban J connectivity index is 2.12. The monoisotopic (exact) mass is 351 g/mol. The third-order valence-electron chi connectivity index (χ3n) is 5.32. The number of rotatable bonds is 2. The molecule has 0 N–H and O–H groups in total. The van der Waals surface area contributed by atoms with E-state index in [1.54, 1.807) is 0 Å². The van der Waals surface area contributed by atoms with E-state index < -0.39 is 0 Å². The van der Waals surface area contributed by atoms with E-state index >= 15 is 0 Å². The van der Waals surface area contributed by atoms with Crippen LogP contribution < -0.4 is 0 Å². The van der Waals surface area contributed by atoms with Gasteiger partial charge in [-0.05, 0) is 41.5 Å². The van der Waals surface area contributed by atoms with E-state index in [9.17, 15) is 4.79 Å². The first-order chi connectivity index (χ1) is 12.3. The number of hydrogen-bond acceptors (Lipinski definition) is 2. The summed E-state index contributed by atoms with van der Waals surface area (Å²) in [5.41, 5.74) is 5.20. The highest BCUT2D eigenvalue weighted by atomic mass is 16.6. The lowest BCUT2D eigenvalue weighted by molar-refractivity contribution is 0.0821. The number of benzene rings is 2. The van der Waals surface area contributed by atoms with Crippen molar-refractivity contribution in [3.05, 3.63) is 70.8 Å². The van der Waals surface area contributed by atoms with Crippen molar-refractivity contribution in [3.8, 4) is 0 Å². The van der Waals surface area contributed by atoms with Gasteiger partial charge < -0.3 is 9.64 Å². The molecule has 3 nitrogen and oxygen atoms in total. The van der Waals surface area contributed by atoms with E-state index in [1.807, 2.05) is 17.9 Å². The van der Waals surface area contributed by atoms with Crippen LogP contribution >= 0.6 is 0 Å². The van der Waals surface area contributed by atoms with Crippen molar-refractivity contribution in [2.75, 3.05) is 6.61 Å². The van der Waals surface area contributed by atoms with Crippen LogP contribution in [-0.4, -0.2) is 23.6 Å². The SMILES string of the molecule is CCOC(=O)N1Cc2ccc(C(C)(C)C)cc2C(c2ccccc2)C1C. The molecule has 0 bridgehead atoms. The zero-order valence-electron chi connectivity index (χ0n) is 16.5. The summed E-state index contributed by atoms with van der Waals surface area (Å²) in [7, 11) is 0. The number of carbonyl (C=O) groups excluding carboxylic acids is 1. The van der Waals surface area contributed by atoms with Gasteiger partial charge in [-0.25, -0.2) is 4.79 Å². The maximum Gasteiger partial charge on any atom is 0.410 e. The Labute approximate surface area is 157 Å². The van der Waals surface area contributed by atoms with Gasteiger partial charge in [-0.1, -0.05) is 69.3 Å². The van der Waals surface area contributed by atoms with Gasteiger partial charge in [0.05, 0.1) is 6.61 Å². The Bertz CT molecular complexity index is 777. The first-order valence-electron chi connectivity index (χ1n) is 9.44. The van der Waals surface area contributed by atoms with Gasteiger partial charge in [0.2, 0.25) is 0 Å². The normalized spacial score (nSPS) is 19.8. The second kappa shape index (κ2) is 7.14. The molecule has 3 heteroatoms. The lowest BCUT2D eigenvalue weighted by atomic mass is 9.76. The maximum absolute atomic E-state index is 12.5. The van der Waals surface area contributed by atoms with Gasteiger partial charge in [-0.15, -0.1) is 0 Å². The molecule has 1 heterocycles. The number of fused-ring (bicyclic) bond motifs is 1. The number of nitrogens with zero attached hydrogens (tertiary/aromatic N) is 1. The van der Waals surface area contributed by atoms with E-state index in [2.05, 4.69) is 70.2 Å². The average Bonchev–Trinajstić information content (AvgIpc) is 2.61. The van der Waals surface area contributed by atoms with Gasteiger partial charge in [0, 0.05) is 18.5 Å². The highest BCUT2D eigenvalue weighted by Gasteiger charge is 2.37. The van der Waals surface area contributed by atoms with Crippen LogP contribution in [0.4, 0.5) is 4.79 Å². The Morgan fingerprint density at radius 3 is 2.46 bits per heavy atom. The molecule has 2 atom stereocenters. The number of hydrogen-bond donors (Lipinski definition) is 0. The summed E-state index contributed by atoms with van der Waals surface area (Å²) in [5.74, 6) is 0.145. The number of carbonyl (C=O) groups is 1. The first kappa shape index (κ1) is 18.5. The Kier molecular flexibility index (Phi) is 5.08. The molecule has 3 rings (SSSR count). The molecule has 0 saturated carbocycles. The van der Waals surface area contributed by atoms with Crippen LogP contribution in [0.3, 0.4) is 0 Å². The summed E-state index contributed by atoms with van der Waals surface area (Å²) in [5, 5.41) is 0. The quantitative estimate of drug-likeness (QED) is 0.717. The maximum atomic E-state index is 12.5. The van der Waals surface area contributed by atoms with Gasteiger partial charge in [0.25, 0.3) is 0 Å². The van der Waals surface area contributed by atoms with E-state index in [0.29, 0.717) is 13.2 Å². The fourth-order valence-electron chi connectivity index (χ4n) is 3.82. The van der Waals surface area contributed by atoms with Crippen molar-refractivity contribution in [1.29, 1.82) is 0 Å². The molecule has 0 aromatic heterocycles. The molecule has 0 spiro atoms. The van der Waals surface area contributed by atoms with Crippen LogP contribution in [0, 0.1) is 0 Å². The minimum absolute atomic E-state index is 0.0409. The smallest absolute Gasteiger partial charge is 0.410 e. The minimum atomic E-state index is -0.230. The van der Waals surface area contributed by atoms with Crippen LogP contribution in [0.1, 0.15) is 62.8 Å². The molecule has 2 aromatic rings. The van der Waals surface area contributed by atoms with E-state index in [1.165, 1.54) is 22.3 Å². The minimum Gasteiger partial charge on any atom is -0.450 e. The third-order valence-corrected chi connectivity index (χ3v) is 5.32. The Hall–Kier alpha value is -2.29. The molecule has 1 amide bonds. The summed E-state index contributed by atoms with van der Waals surface area (Å²) >= 11 is 0. The van der Waals surface area contributed by atoms with Crippen molar-refractivity contribution in [3.63, 3.8) is 0 Å². The molecule has 0 saturated heterocycles. The van der Waals surface area contributed by atoms with Crippen LogP contribution in [0.25, 0.3) is 0 Å². The summed E-state index contributed by atoms with van der Waals surface area (Å²) in [6.07, 6.45) is -0.230. The number of amides is 1. The van der Waals surface area contributed by atoms with E-state index in [4.69, 9.17) is 4.74 Å². The highest BCUT2D eigenvalue weighted by Crippen LogP contribution is 2.40. The number of ether oxygens (including phenoxy) is 1. The van der Waals surface area contributed by atoms with Crippen LogP contribution in [-0.2, 0) is 16.7 Å². The van der Waals surface area contributed by atoms with Crippen molar-refractivity contribution in [2.45, 2.75) is 58.5 Å². The first-order valence-corrected chi connectivity index (χ1v) is 9.44. The van der Waals surface area contributed by atoms with Gasteiger partial charge in [0.1, 0.15) is 0 Å². The topological polar surface area (TPSA) is 29.5 Å². The third kappa shape index (κ3) is 3.48. The average molecular weight is 351 g/mol. The van der Waals surface area contributed by atoms with Gasteiger partial charge in [-0.3, -0.25) is 0 Å². The van der Waals surface area contributed by atoms with Crippen molar-refractivity contribution >= 4 is 6.09 Å². The van der Waals surface area contributed by atoms with Crippen molar-refractivity contribution in [1.82, 2.24) is 4.90 Å². The second-order valence-corrected chi connectivity index (χ2v) is 8.12. The van der Waals surface area contributed by atoms with Gasteiger partial charge >= 0.3 is 6.09 Å². The van der Waals surface area contributed by atoms with Gasteiger partial charge in [0.15, 0.2) is 0 Å². The van der Waals surface area contributed by atoms with Crippen LogP contribution in [0.15, 0.2) is 48.5 Å². The highest BCUT2D eigenvalue weighted by molar-refractivity contribution is 5.69. The fraction of sp³-hybridized carbons (Fsp3) is 0.435. The molecule has 2 unspecified atom stereocenters. The molecule has 0 fully saturated rings. The molecule has 138 valence electrons. The van der Waals surface area contributed by atoms with Crippen molar-refractivity contribution < 1.29 is 9.53 Å². The summed E-state index contributed by atoms with van der Waals surface area (Å²) in [6.45, 7) is 11.7. The zero-order chi connectivity index (χ0) is 18.9. The van der Waals surface area contributed by atoms with E-state index in [0.717, 1.165) is 0 Å².